The van der Waals surface area contributed by atoms with Crippen molar-refractivity contribution in [2.45, 2.75) is 31.3 Å². The SMILES string of the molecule is O=C(C[C@H]1COCCN1)NC1CCN(C(=O)Nc2ccccc2)CC1. The molecule has 3 rings (SSSR count). The number of nitrogens with one attached hydrogen (secondary N) is 3. The molecule has 2 heterocycles. The highest BCUT2D eigenvalue weighted by atomic mass is 16.5. The smallest absolute Gasteiger partial charge is 0.321 e. The van der Waals surface area contributed by atoms with E-state index in [-0.39, 0.29) is 24.0 Å². The summed E-state index contributed by atoms with van der Waals surface area (Å²) in [5, 5.41) is 9.27. The molecule has 0 radical (unpaired) electrons. The van der Waals surface area contributed by atoms with E-state index in [1.165, 1.54) is 0 Å². The summed E-state index contributed by atoms with van der Waals surface area (Å²) in [6.07, 6.45) is 2.00. The number of nitrogens with zero attached hydrogens (tertiary/aromatic N) is 1. The monoisotopic (exact) mass is 346 g/mol. The third kappa shape index (κ3) is 5.44. The van der Waals surface area contributed by atoms with Crippen molar-refractivity contribution >= 4 is 17.6 Å². The molecule has 0 aromatic heterocycles. The standard InChI is InChI=1S/C18H26N4O3/c23-17(12-16-13-25-11-8-19-16)20-15-6-9-22(10-7-15)18(24)21-14-4-2-1-3-5-14/h1-5,15-16,19H,6-13H2,(H,20,23)(H,21,24)/t16-/m0/s1. The third-order valence-corrected chi connectivity index (χ3v) is 4.60. The van der Waals surface area contributed by atoms with Crippen molar-refractivity contribution in [3.8, 4) is 0 Å². The normalized spacial score (nSPS) is 21.6. The van der Waals surface area contributed by atoms with Crippen molar-refractivity contribution in [2.75, 3.05) is 38.2 Å². The molecular weight excluding hydrogens is 320 g/mol. The van der Waals surface area contributed by atoms with Crippen LogP contribution in [-0.4, -0.2) is 61.8 Å². The maximum atomic E-state index is 12.3. The van der Waals surface area contributed by atoms with Crippen molar-refractivity contribution in [2.24, 2.45) is 0 Å². The minimum absolute atomic E-state index is 0.0511. The maximum absolute atomic E-state index is 12.3. The predicted octanol–water partition coefficient (Wildman–Crippen LogP) is 1.18. The van der Waals surface area contributed by atoms with Crippen LogP contribution in [-0.2, 0) is 9.53 Å². The summed E-state index contributed by atoms with van der Waals surface area (Å²) in [6.45, 7) is 3.39. The van der Waals surface area contributed by atoms with Gasteiger partial charge in [-0.3, -0.25) is 4.79 Å². The van der Waals surface area contributed by atoms with Gasteiger partial charge in [-0.1, -0.05) is 18.2 Å². The fourth-order valence-corrected chi connectivity index (χ4v) is 3.21. The Bertz CT molecular complexity index is 567. The van der Waals surface area contributed by atoms with E-state index in [9.17, 15) is 9.59 Å². The summed E-state index contributed by atoms with van der Waals surface area (Å²) in [6, 6.07) is 9.59. The number of hydrogen-bond donors (Lipinski definition) is 3. The average molecular weight is 346 g/mol. The molecule has 2 aliphatic rings. The van der Waals surface area contributed by atoms with E-state index in [2.05, 4.69) is 16.0 Å². The molecule has 0 spiro atoms. The molecule has 1 aromatic rings. The van der Waals surface area contributed by atoms with E-state index in [4.69, 9.17) is 4.74 Å². The highest BCUT2D eigenvalue weighted by Crippen LogP contribution is 2.13. The van der Waals surface area contributed by atoms with Crippen LogP contribution in [0.5, 0.6) is 0 Å². The number of ether oxygens (including phenoxy) is 1. The van der Waals surface area contributed by atoms with Crippen LogP contribution in [0.15, 0.2) is 30.3 Å². The molecule has 7 nitrogen and oxygen atoms in total. The molecule has 2 fully saturated rings. The Labute approximate surface area is 148 Å². The number of para-hydroxylation sites is 1. The first-order valence-corrected chi connectivity index (χ1v) is 8.92. The summed E-state index contributed by atoms with van der Waals surface area (Å²) in [4.78, 5) is 26.2. The molecule has 3 N–H and O–H groups in total. The number of rotatable bonds is 4. The van der Waals surface area contributed by atoms with Gasteiger partial charge in [0.25, 0.3) is 0 Å². The summed E-state index contributed by atoms with van der Waals surface area (Å²) in [7, 11) is 0. The van der Waals surface area contributed by atoms with Crippen molar-refractivity contribution < 1.29 is 14.3 Å². The number of hydrogen-bond acceptors (Lipinski definition) is 4. The lowest BCUT2D eigenvalue weighted by molar-refractivity contribution is -0.123. The predicted molar refractivity (Wildman–Crippen MR) is 95.4 cm³/mol. The van der Waals surface area contributed by atoms with Crippen LogP contribution >= 0.6 is 0 Å². The number of likely N-dealkylation sites (tertiary alicyclic amines) is 1. The zero-order valence-electron chi connectivity index (χ0n) is 14.4. The van der Waals surface area contributed by atoms with Crippen LogP contribution in [0, 0.1) is 0 Å². The minimum Gasteiger partial charge on any atom is -0.378 e. The number of anilines is 1. The number of carbonyl (C=O) groups is 2. The average Bonchev–Trinajstić information content (AvgIpc) is 2.64. The quantitative estimate of drug-likeness (QED) is 0.764. The Kier molecular flexibility index (Phi) is 6.25. The molecule has 136 valence electrons. The van der Waals surface area contributed by atoms with E-state index >= 15 is 0 Å². The summed E-state index contributed by atoms with van der Waals surface area (Å²) >= 11 is 0. The van der Waals surface area contributed by atoms with Gasteiger partial charge < -0.3 is 25.6 Å². The molecule has 0 saturated carbocycles. The number of piperidine rings is 1. The fourth-order valence-electron chi connectivity index (χ4n) is 3.21. The fraction of sp³-hybridized carbons (Fsp3) is 0.556. The van der Waals surface area contributed by atoms with Gasteiger partial charge in [-0.15, -0.1) is 0 Å². The minimum atomic E-state index is -0.0838. The zero-order valence-corrected chi connectivity index (χ0v) is 14.4. The largest absolute Gasteiger partial charge is 0.378 e. The van der Waals surface area contributed by atoms with Gasteiger partial charge in [0.05, 0.1) is 13.2 Å². The Hall–Kier alpha value is -2.12. The highest BCUT2D eigenvalue weighted by Gasteiger charge is 2.25. The number of benzene rings is 1. The number of urea groups is 1. The topological polar surface area (TPSA) is 82.7 Å². The molecule has 0 unspecified atom stereocenters. The van der Waals surface area contributed by atoms with Crippen LogP contribution in [0.1, 0.15) is 19.3 Å². The molecule has 2 aliphatic heterocycles. The molecular formula is C18H26N4O3. The lowest BCUT2D eigenvalue weighted by Gasteiger charge is -2.33. The molecule has 3 amide bonds. The maximum Gasteiger partial charge on any atom is 0.321 e. The van der Waals surface area contributed by atoms with Gasteiger partial charge >= 0.3 is 6.03 Å². The molecule has 0 bridgehead atoms. The first-order chi connectivity index (χ1) is 12.2. The first kappa shape index (κ1) is 17.7. The van der Waals surface area contributed by atoms with Gasteiger partial charge in [0.15, 0.2) is 0 Å². The molecule has 1 aromatic carbocycles. The second kappa shape index (κ2) is 8.82. The van der Waals surface area contributed by atoms with Gasteiger partial charge in [-0.2, -0.15) is 0 Å². The Balaban J connectivity index is 1.37. The Morgan fingerprint density at radius 2 is 1.96 bits per heavy atom. The van der Waals surface area contributed by atoms with Gasteiger partial charge in [-0.05, 0) is 25.0 Å². The van der Waals surface area contributed by atoms with Crippen LogP contribution in [0.25, 0.3) is 0 Å². The van der Waals surface area contributed by atoms with Crippen LogP contribution < -0.4 is 16.0 Å². The number of morpholine rings is 1. The summed E-state index contributed by atoms with van der Waals surface area (Å²) < 4.78 is 5.37. The van der Waals surface area contributed by atoms with Crippen LogP contribution in [0.4, 0.5) is 10.5 Å². The van der Waals surface area contributed by atoms with Gasteiger partial charge in [0.1, 0.15) is 0 Å². The molecule has 1 atom stereocenters. The number of carbonyl (C=O) groups excluding carboxylic acids is 2. The zero-order chi connectivity index (χ0) is 17.5. The molecule has 0 aliphatic carbocycles. The van der Waals surface area contributed by atoms with Crippen molar-refractivity contribution in [3.05, 3.63) is 30.3 Å². The summed E-state index contributed by atoms with van der Waals surface area (Å²) in [5.41, 5.74) is 0.796. The Morgan fingerprint density at radius 3 is 2.64 bits per heavy atom. The Morgan fingerprint density at radius 1 is 1.20 bits per heavy atom. The van der Waals surface area contributed by atoms with Crippen molar-refractivity contribution in [1.82, 2.24) is 15.5 Å². The van der Waals surface area contributed by atoms with Crippen LogP contribution in [0.2, 0.25) is 0 Å². The highest BCUT2D eigenvalue weighted by molar-refractivity contribution is 5.89. The lowest BCUT2D eigenvalue weighted by Crippen LogP contribution is -2.49. The van der Waals surface area contributed by atoms with Crippen molar-refractivity contribution in [1.29, 1.82) is 0 Å². The van der Waals surface area contributed by atoms with Gasteiger partial charge in [0, 0.05) is 43.8 Å². The van der Waals surface area contributed by atoms with E-state index in [1.54, 1.807) is 4.90 Å². The van der Waals surface area contributed by atoms with E-state index in [0.29, 0.717) is 32.7 Å². The second-order valence-corrected chi connectivity index (χ2v) is 6.56. The molecule has 25 heavy (non-hydrogen) atoms. The van der Waals surface area contributed by atoms with Gasteiger partial charge in [0.2, 0.25) is 5.91 Å². The lowest BCUT2D eigenvalue weighted by atomic mass is 10.0. The second-order valence-electron chi connectivity index (χ2n) is 6.56. The molecule has 7 heteroatoms. The first-order valence-electron chi connectivity index (χ1n) is 8.92. The van der Waals surface area contributed by atoms with Crippen LogP contribution in [0.3, 0.4) is 0 Å². The van der Waals surface area contributed by atoms with Gasteiger partial charge in [-0.25, -0.2) is 4.79 Å². The van der Waals surface area contributed by atoms with E-state index in [1.807, 2.05) is 30.3 Å². The third-order valence-electron chi connectivity index (χ3n) is 4.60. The van der Waals surface area contributed by atoms with E-state index < -0.39 is 0 Å². The summed E-state index contributed by atoms with van der Waals surface area (Å²) in [5.74, 6) is 0.0511. The number of amides is 3. The van der Waals surface area contributed by atoms with Crippen molar-refractivity contribution in [3.63, 3.8) is 0 Å². The molecule has 2 saturated heterocycles. The van der Waals surface area contributed by atoms with E-state index in [0.717, 1.165) is 25.1 Å².